The predicted octanol–water partition coefficient (Wildman–Crippen LogP) is 6.62. The van der Waals surface area contributed by atoms with Crippen LogP contribution in [0.25, 0.3) is 10.9 Å². The van der Waals surface area contributed by atoms with Crippen LogP contribution in [0.1, 0.15) is 33.6 Å². The number of rotatable bonds is 8. The SMILES string of the molecule is COCCOc1cc2ncnc(Nc3ccc(Cl)c(Cl)c3F)c2cc1OC1CCN(C(=O)OC(C)(C)C)CC1. The summed E-state index contributed by atoms with van der Waals surface area (Å²) < 4.78 is 37.7. The maximum absolute atomic E-state index is 14.7. The zero-order valence-corrected chi connectivity index (χ0v) is 23.7. The molecule has 0 radical (unpaired) electrons. The van der Waals surface area contributed by atoms with Gasteiger partial charge in [0.05, 0.1) is 27.9 Å². The normalized spacial score (nSPS) is 14.4. The van der Waals surface area contributed by atoms with Crippen LogP contribution in [-0.2, 0) is 9.47 Å². The van der Waals surface area contributed by atoms with E-state index in [0.29, 0.717) is 67.4 Å². The Morgan fingerprint density at radius 3 is 2.56 bits per heavy atom. The number of amides is 1. The lowest BCUT2D eigenvalue weighted by Gasteiger charge is -2.33. The van der Waals surface area contributed by atoms with Crippen LogP contribution in [-0.4, -0.2) is 66.1 Å². The lowest BCUT2D eigenvalue weighted by Crippen LogP contribution is -2.44. The number of likely N-dealkylation sites (tertiary alicyclic amines) is 1. The summed E-state index contributed by atoms with van der Waals surface area (Å²) in [5.74, 6) is 0.621. The summed E-state index contributed by atoms with van der Waals surface area (Å²) in [5.41, 5.74) is 0.118. The number of hydrogen-bond acceptors (Lipinski definition) is 8. The highest BCUT2D eigenvalue weighted by molar-refractivity contribution is 6.42. The summed E-state index contributed by atoms with van der Waals surface area (Å²) in [6, 6.07) is 6.48. The number of fused-ring (bicyclic) bond motifs is 1. The number of carbonyl (C=O) groups is 1. The third-order valence-corrected chi connectivity index (χ3v) is 6.70. The molecule has 0 saturated carbocycles. The van der Waals surface area contributed by atoms with E-state index in [9.17, 15) is 9.18 Å². The molecule has 1 N–H and O–H groups in total. The van der Waals surface area contributed by atoms with Crippen LogP contribution in [0.2, 0.25) is 10.0 Å². The smallest absolute Gasteiger partial charge is 0.410 e. The molecule has 0 bridgehead atoms. The van der Waals surface area contributed by atoms with Crippen LogP contribution >= 0.6 is 23.2 Å². The quantitative estimate of drug-likeness (QED) is 0.234. The Morgan fingerprint density at radius 2 is 1.87 bits per heavy atom. The molecule has 1 aliphatic heterocycles. The summed E-state index contributed by atoms with van der Waals surface area (Å²) in [6.45, 7) is 7.22. The summed E-state index contributed by atoms with van der Waals surface area (Å²) in [5, 5.41) is 3.49. The van der Waals surface area contributed by atoms with Crippen LogP contribution in [0.5, 0.6) is 11.5 Å². The van der Waals surface area contributed by atoms with Gasteiger partial charge in [0.1, 0.15) is 30.5 Å². The molecule has 1 aromatic heterocycles. The van der Waals surface area contributed by atoms with Crippen molar-refractivity contribution in [3.63, 3.8) is 0 Å². The van der Waals surface area contributed by atoms with Crippen molar-refractivity contribution in [1.82, 2.24) is 14.9 Å². The highest BCUT2D eigenvalue weighted by Gasteiger charge is 2.28. The first-order valence-corrected chi connectivity index (χ1v) is 13.3. The molecule has 1 aliphatic rings. The van der Waals surface area contributed by atoms with Gasteiger partial charge in [-0.2, -0.15) is 0 Å². The lowest BCUT2D eigenvalue weighted by molar-refractivity contribution is 0.0123. The van der Waals surface area contributed by atoms with E-state index < -0.39 is 11.4 Å². The molecule has 210 valence electrons. The van der Waals surface area contributed by atoms with Gasteiger partial charge in [0.25, 0.3) is 0 Å². The van der Waals surface area contributed by atoms with Crippen molar-refractivity contribution in [2.24, 2.45) is 0 Å². The highest BCUT2D eigenvalue weighted by atomic mass is 35.5. The van der Waals surface area contributed by atoms with Crippen molar-refractivity contribution in [3.8, 4) is 11.5 Å². The van der Waals surface area contributed by atoms with Crippen molar-refractivity contribution < 1.29 is 28.1 Å². The van der Waals surface area contributed by atoms with Crippen molar-refractivity contribution in [3.05, 3.63) is 46.5 Å². The van der Waals surface area contributed by atoms with Gasteiger partial charge in [-0.05, 0) is 39.0 Å². The monoisotopic (exact) mass is 580 g/mol. The molecule has 1 amide bonds. The zero-order chi connectivity index (χ0) is 28.2. The number of aromatic nitrogens is 2. The average Bonchev–Trinajstić information content (AvgIpc) is 2.89. The number of hydrogen-bond donors (Lipinski definition) is 1. The number of piperidine rings is 1. The first kappa shape index (κ1) is 28.9. The Bertz CT molecular complexity index is 1330. The van der Waals surface area contributed by atoms with Gasteiger partial charge in [-0.15, -0.1) is 0 Å². The van der Waals surface area contributed by atoms with E-state index in [2.05, 4.69) is 15.3 Å². The number of nitrogens with one attached hydrogen (secondary N) is 1. The van der Waals surface area contributed by atoms with Crippen molar-refractivity contribution in [2.75, 3.05) is 38.7 Å². The third kappa shape index (κ3) is 7.32. The van der Waals surface area contributed by atoms with Gasteiger partial charge in [-0.1, -0.05) is 23.2 Å². The maximum atomic E-state index is 14.7. The molecule has 0 aliphatic carbocycles. The minimum absolute atomic E-state index is 0.110. The Balaban J connectivity index is 1.58. The Kier molecular flexibility index (Phi) is 9.19. The van der Waals surface area contributed by atoms with Gasteiger partial charge in [0.15, 0.2) is 17.3 Å². The molecule has 0 atom stereocenters. The molecule has 1 saturated heterocycles. The minimum atomic E-state index is -0.691. The van der Waals surface area contributed by atoms with Crippen LogP contribution in [0, 0.1) is 5.82 Å². The molecular weight excluding hydrogens is 550 g/mol. The maximum Gasteiger partial charge on any atom is 0.410 e. The fraction of sp³-hybridized carbons (Fsp3) is 0.444. The highest BCUT2D eigenvalue weighted by Crippen LogP contribution is 2.38. The van der Waals surface area contributed by atoms with Crippen LogP contribution < -0.4 is 14.8 Å². The lowest BCUT2D eigenvalue weighted by atomic mass is 10.1. The number of halogens is 3. The van der Waals surface area contributed by atoms with Gasteiger partial charge in [-0.3, -0.25) is 0 Å². The van der Waals surface area contributed by atoms with Gasteiger partial charge in [0.2, 0.25) is 0 Å². The second kappa shape index (κ2) is 12.4. The molecule has 9 nitrogen and oxygen atoms in total. The summed E-state index contributed by atoms with van der Waals surface area (Å²) in [6.07, 6.45) is 2.09. The van der Waals surface area contributed by atoms with Crippen molar-refractivity contribution in [1.29, 1.82) is 0 Å². The molecule has 0 unspecified atom stereocenters. The summed E-state index contributed by atoms with van der Waals surface area (Å²) in [7, 11) is 1.59. The first-order chi connectivity index (χ1) is 18.6. The Labute approximate surface area is 236 Å². The Hall–Kier alpha value is -3.08. The second-order valence-electron chi connectivity index (χ2n) is 10.0. The van der Waals surface area contributed by atoms with E-state index in [4.69, 9.17) is 42.1 Å². The molecule has 0 spiro atoms. The number of ether oxygens (including phenoxy) is 4. The Morgan fingerprint density at radius 1 is 1.13 bits per heavy atom. The molecule has 3 aromatic rings. The average molecular weight is 581 g/mol. The minimum Gasteiger partial charge on any atom is -0.487 e. The largest absolute Gasteiger partial charge is 0.487 e. The zero-order valence-electron chi connectivity index (χ0n) is 22.2. The van der Waals surface area contributed by atoms with E-state index in [1.807, 2.05) is 20.8 Å². The molecule has 2 aromatic carbocycles. The molecule has 4 rings (SSSR count). The molecular formula is C27H31Cl2FN4O5. The molecule has 1 fully saturated rings. The summed E-state index contributed by atoms with van der Waals surface area (Å²) >= 11 is 11.9. The van der Waals surface area contributed by atoms with Crippen molar-refractivity contribution >= 4 is 51.7 Å². The third-order valence-electron chi connectivity index (χ3n) is 5.92. The second-order valence-corrected chi connectivity index (χ2v) is 10.8. The van der Waals surface area contributed by atoms with Crippen LogP contribution in [0.15, 0.2) is 30.6 Å². The number of methoxy groups -OCH3 is 1. The van der Waals surface area contributed by atoms with Crippen LogP contribution in [0.3, 0.4) is 0 Å². The standard InChI is InChI=1S/C27H31Cl2FN4O5/c1-27(2,3)39-26(35)34-9-7-16(8-10-34)38-22-13-17-20(14-21(22)37-12-11-36-4)31-15-32-25(17)33-19-6-5-18(28)23(29)24(19)30/h5-6,13-16H,7-12H2,1-4H3,(H,31,32,33). The van der Waals surface area contributed by atoms with E-state index in [0.717, 1.165) is 0 Å². The number of benzene rings is 2. The van der Waals surface area contributed by atoms with E-state index in [1.54, 1.807) is 24.1 Å². The van der Waals surface area contributed by atoms with Gasteiger partial charge >= 0.3 is 6.09 Å². The molecule has 39 heavy (non-hydrogen) atoms. The predicted molar refractivity (Wildman–Crippen MR) is 148 cm³/mol. The number of nitrogens with zero attached hydrogens (tertiary/aromatic N) is 3. The fourth-order valence-electron chi connectivity index (χ4n) is 4.02. The topological polar surface area (TPSA) is 95.0 Å². The molecule has 12 heteroatoms. The fourth-order valence-corrected chi connectivity index (χ4v) is 4.33. The van der Waals surface area contributed by atoms with Crippen LogP contribution in [0.4, 0.5) is 20.7 Å². The number of anilines is 2. The number of carbonyl (C=O) groups excluding carboxylic acids is 1. The summed E-state index contributed by atoms with van der Waals surface area (Å²) in [4.78, 5) is 22.8. The van der Waals surface area contributed by atoms with E-state index >= 15 is 0 Å². The van der Waals surface area contributed by atoms with Gasteiger partial charge < -0.3 is 29.2 Å². The van der Waals surface area contributed by atoms with E-state index in [1.165, 1.54) is 18.5 Å². The van der Waals surface area contributed by atoms with E-state index in [-0.39, 0.29) is 27.9 Å². The van der Waals surface area contributed by atoms with Crippen molar-refractivity contribution in [2.45, 2.75) is 45.3 Å². The first-order valence-electron chi connectivity index (χ1n) is 12.5. The van der Waals surface area contributed by atoms with Gasteiger partial charge in [-0.25, -0.2) is 19.2 Å². The van der Waals surface area contributed by atoms with Gasteiger partial charge in [0, 0.05) is 44.5 Å². The molecule has 2 heterocycles.